The van der Waals surface area contributed by atoms with Crippen molar-refractivity contribution in [1.29, 1.82) is 5.26 Å². The fraction of sp³-hybridized carbons (Fsp3) is 0.412. The summed E-state index contributed by atoms with van der Waals surface area (Å²) < 4.78 is 66.7. The van der Waals surface area contributed by atoms with Gasteiger partial charge in [-0.2, -0.15) is 18.4 Å². The average molecular weight is 722 g/mol. The number of para-hydroxylation sites is 2. The van der Waals surface area contributed by atoms with Crippen molar-refractivity contribution in [1.82, 2.24) is 10.3 Å². The van der Waals surface area contributed by atoms with Crippen LogP contribution in [0, 0.1) is 11.3 Å². The molecule has 2 aromatic carbocycles. The van der Waals surface area contributed by atoms with E-state index >= 15 is 0 Å². The van der Waals surface area contributed by atoms with Crippen molar-refractivity contribution >= 4 is 29.1 Å². The van der Waals surface area contributed by atoms with Crippen LogP contribution in [0.25, 0.3) is 11.1 Å². The number of amides is 2. The largest absolute Gasteiger partial charge is 0.491 e. The van der Waals surface area contributed by atoms with Gasteiger partial charge >= 0.3 is 6.18 Å². The molecular formula is C34H39ClF3N5O7. The summed E-state index contributed by atoms with van der Waals surface area (Å²) in [6.45, 7) is 4.22. The number of alkyl halides is 3. The third-order valence-corrected chi connectivity index (χ3v) is 7.21. The van der Waals surface area contributed by atoms with E-state index < -0.39 is 17.8 Å². The highest BCUT2D eigenvalue weighted by atomic mass is 35.5. The highest BCUT2D eigenvalue weighted by Crippen LogP contribution is 2.35. The topological polar surface area (TPSA) is 158 Å². The molecule has 0 aliphatic rings. The first kappa shape index (κ1) is 40.1. The molecule has 16 heteroatoms. The molecule has 0 fully saturated rings. The normalized spacial score (nSPS) is 11.2. The monoisotopic (exact) mass is 721 g/mol. The molecule has 50 heavy (non-hydrogen) atoms. The molecule has 0 unspecified atom stereocenters. The predicted octanol–water partition coefficient (Wildman–Crippen LogP) is 4.48. The number of aromatic nitrogens is 1. The molecule has 2 amide bonds. The lowest BCUT2D eigenvalue weighted by atomic mass is 9.99. The van der Waals surface area contributed by atoms with Crippen molar-refractivity contribution in [3.05, 3.63) is 76.6 Å². The second kappa shape index (κ2) is 21.0. The number of rotatable bonds is 21. The van der Waals surface area contributed by atoms with Gasteiger partial charge in [0.1, 0.15) is 11.4 Å². The second-order valence-corrected chi connectivity index (χ2v) is 10.8. The lowest BCUT2D eigenvalue weighted by molar-refractivity contribution is -0.141. The molecule has 0 spiro atoms. The van der Waals surface area contributed by atoms with Gasteiger partial charge in [-0.3, -0.25) is 14.6 Å². The number of nitrogens with two attached hydrogens (primary N) is 1. The molecule has 0 radical (unpaired) electrons. The number of halogens is 4. The lowest BCUT2D eigenvalue weighted by Crippen LogP contribution is -2.29. The zero-order chi connectivity index (χ0) is 36.4. The molecule has 270 valence electrons. The summed E-state index contributed by atoms with van der Waals surface area (Å²) in [4.78, 5) is 30.6. The summed E-state index contributed by atoms with van der Waals surface area (Å²) in [5.41, 5.74) is 4.57. The Bertz CT molecular complexity index is 1590. The van der Waals surface area contributed by atoms with Gasteiger partial charge in [0, 0.05) is 48.0 Å². The molecule has 1 aromatic heterocycles. The van der Waals surface area contributed by atoms with E-state index in [0.717, 1.165) is 6.20 Å². The number of hydrogen-bond acceptors (Lipinski definition) is 10. The molecule has 0 aliphatic carbocycles. The number of carbonyl (C=O) groups is 2. The molecule has 0 saturated carbocycles. The zero-order valence-electron chi connectivity index (χ0n) is 27.5. The highest BCUT2D eigenvalue weighted by Gasteiger charge is 2.33. The van der Waals surface area contributed by atoms with Crippen LogP contribution in [-0.4, -0.2) is 96.4 Å². The van der Waals surface area contributed by atoms with Crippen LogP contribution in [0.2, 0.25) is 5.02 Å². The van der Waals surface area contributed by atoms with Crippen LogP contribution in [-0.2, 0) is 29.9 Å². The second-order valence-electron chi connectivity index (χ2n) is 10.4. The minimum Gasteiger partial charge on any atom is -0.491 e. The van der Waals surface area contributed by atoms with Crippen molar-refractivity contribution < 1.29 is 46.4 Å². The summed E-state index contributed by atoms with van der Waals surface area (Å²) in [6.07, 6.45) is -3.78. The van der Waals surface area contributed by atoms with Crippen molar-refractivity contribution in [3.8, 4) is 22.9 Å². The number of hydrogen-bond donors (Lipinski definition) is 2. The van der Waals surface area contributed by atoms with Crippen molar-refractivity contribution in [2.24, 2.45) is 5.73 Å². The summed E-state index contributed by atoms with van der Waals surface area (Å²) in [7, 11) is 1.52. The van der Waals surface area contributed by atoms with E-state index in [4.69, 9.17) is 41.0 Å². The maximum atomic E-state index is 13.5. The van der Waals surface area contributed by atoms with Crippen LogP contribution in [0.3, 0.4) is 0 Å². The first-order valence-corrected chi connectivity index (χ1v) is 16.0. The van der Waals surface area contributed by atoms with Gasteiger partial charge in [-0.15, -0.1) is 0 Å². The van der Waals surface area contributed by atoms with Gasteiger partial charge in [-0.25, -0.2) is 0 Å². The van der Waals surface area contributed by atoms with Crippen molar-refractivity contribution in [2.45, 2.75) is 12.6 Å². The number of pyridine rings is 1. The van der Waals surface area contributed by atoms with E-state index in [1.165, 1.54) is 30.1 Å². The molecule has 0 atom stereocenters. The van der Waals surface area contributed by atoms with Gasteiger partial charge in [-0.05, 0) is 36.4 Å². The number of nitrogens with one attached hydrogen (secondary N) is 1. The number of benzene rings is 2. The van der Waals surface area contributed by atoms with Crippen LogP contribution in [0.15, 0.2) is 54.7 Å². The molecular weight excluding hydrogens is 683 g/mol. The van der Waals surface area contributed by atoms with E-state index in [1.807, 2.05) is 0 Å². The first-order valence-electron chi connectivity index (χ1n) is 15.6. The van der Waals surface area contributed by atoms with Crippen molar-refractivity contribution in [2.75, 3.05) is 84.5 Å². The van der Waals surface area contributed by atoms with Gasteiger partial charge in [0.05, 0.1) is 83.2 Å². The Hall–Kier alpha value is -4.30. The van der Waals surface area contributed by atoms with Gasteiger partial charge in [0.25, 0.3) is 5.91 Å². The summed E-state index contributed by atoms with van der Waals surface area (Å²) in [5, 5.41) is 12.4. The molecule has 12 nitrogen and oxygen atoms in total. The number of carbonyl (C=O) groups excluding carboxylic acids is 2. The zero-order valence-corrected chi connectivity index (χ0v) is 28.2. The highest BCUT2D eigenvalue weighted by molar-refractivity contribution is 6.33. The number of anilines is 1. The predicted molar refractivity (Wildman–Crippen MR) is 179 cm³/mol. The van der Waals surface area contributed by atoms with E-state index in [-0.39, 0.29) is 46.2 Å². The van der Waals surface area contributed by atoms with E-state index in [0.29, 0.717) is 83.4 Å². The Balaban J connectivity index is 1.45. The molecule has 3 rings (SSSR count). The summed E-state index contributed by atoms with van der Waals surface area (Å²) in [5.74, 6) is -0.391. The van der Waals surface area contributed by atoms with Crippen LogP contribution in [0.1, 0.15) is 28.0 Å². The SMILES string of the molecule is CN(C(=O)c1ccc(Cl)c(-c2cnc(C(F)(F)F)cc2C#N)c1)c1ccccc1OCCC(=O)NCCOCCOCCOCCOCCN. The third-order valence-electron chi connectivity index (χ3n) is 6.88. The minimum absolute atomic E-state index is 0.0315. The number of nitrogens with zero attached hydrogens (tertiary/aromatic N) is 3. The van der Waals surface area contributed by atoms with Gasteiger partial charge in [-0.1, -0.05) is 23.7 Å². The summed E-state index contributed by atoms with van der Waals surface area (Å²) in [6, 6.07) is 13.4. The Kier molecular flexibility index (Phi) is 16.9. The molecule has 3 N–H and O–H groups in total. The Morgan fingerprint density at radius 2 is 1.56 bits per heavy atom. The molecule has 3 aromatic rings. The first-order chi connectivity index (χ1) is 24.1. The quantitative estimate of drug-likeness (QED) is 0.150. The van der Waals surface area contributed by atoms with Crippen LogP contribution in [0.5, 0.6) is 5.75 Å². The van der Waals surface area contributed by atoms with Crippen molar-refractivity contribution in [3.63, 3.8) is 0 Å². The molecule has 0 aliphatic heterocycles. The molecule has 0 saturated heterocycles. The standard InChI is InChI=1S/C34H39ClF3N5O7/c1-43(33(45)24-6-7-28(35)26(20-24)27-23-42-31(34(36,37)38)21-25(27)22-40)29-4-2-3-5-30(29)50-11-8-32(44)41-10-13-47-15-17-49-19-18-48-16-14-46-12-9-39/h2-7,20-21,23H,8-19,39H2,1H3,(H,41,44). The average Bonchev–Trinajstić information content (AvgIpc) is 3.11. The maximum Gasteiger partial charge on any atom is 0.433 e. The third kappa shape index (κ3) is 12.9. The molecule has 1 heterocycles. The minimum atomic E-state index is -4.74. The van der Waals surface area contributed by atoms with Crippen LogP contribution < -0.4 is 20.7 Å². The molecule has 0 bridgehead atoms. The van der Waals surface area contributed by atoms with E-state index in [9.17, 15) is 28.0 Å². The van der Waals surface area contributed by atoms with E-state index in [1.54, 1.807) is 30.3 Å². The Morgan fingerprint density at radius 1 is 0.920 bits per heavy atom. The number of ether oxygens (including phenoxy) is 5. The van der Waals surface area contributed by atoms with Gasteiger partial charge < -0.3 is 39.6 Å². The smallest absolute Gasteiger partial charge is 0.433 e. The number of nitriles is 1. The van der Waals surface area contributed by atoms with Crippen LogP contribution >= 0.6 is 11.6 Å². The Labute approximate surface area is 293 Å². The van der Waals surface area contributed by atoms with Crippen LogP contribution in [0.4, 0.5) is 18.9 Å². The van der Waals surface area contributed by atoms with Gasteiger partial charge in [0.15, 0.2) is 0 Å². The van der Waals surface area contributed by atoms with Gasteiger partial charge in [0.2, 0.25) is 5.91 Å². The Morgan fingerprint density at radius 3 is 2.20 bits per heavy atom. The fourth-order valence-corrected chi connectivity index (χ4v) is 4.61. The lowest BCUT2D eigenvalue weighted by Gasteiger charge is -2.21. The van der Waals surface area contributed by atoms with E-state index in [2.05, 4.69) is 10.3 Å². The maximum absolute atomic E-state index is 13.5. The fourth-order valence-electron chi connectivity index (χ4n) is 4.39. The summed E-state index contributed by atoms with van der Waals surface area (Å²) >= 11 is 6.33.